The molecular formula is C20H30N4O3S. The van der Waals surface area contributed by atoms with Crippen LogP contribution in [0.4, 0.5) is 0 Å². The summed E-state index contributed by atoms with van der Waals surface area (Å²) in [6.45, 7) is 1.84. The van der Waals surface area contributed by atoms with Crippen molar-refractivity contribution in [2.75, 3.05) is 20.1 Å². The predicted octanol–water partition coefficient (Wildman–Crippen LogP) is 1.85. The highest BCUT2D eigenvalue weighted by atomic mass is 32.2. The quantitative estimate of drug-likeness (QED) is 0.576. The Kier molecular flexibility index (Phi) is 5.89. The van der Waals surface area contributed by atoms with E-state index in [1.54, 1.807) is 23.5 Å². The summed E-state index contributed by atoms with van der Waals surface area (Å²) in [7, 11) is -1.61. The number of aliphatic imine (C=N–C) groups is 1. The number of ether oxygens (including phenoxy) is 1. The lowest BCUT2D eigenvalue weighted by atomic mass is 9.96. The van der Waals surface area contributed by atoms with E-state index in [2.05, 4.69) is 15.6 Å². The molecule has 3 atom stereocenters. The molecule has 0 aliphatic carbocycles. The van der Waals surface area contributed by atoms with Crippen molar-refractivity contribution in [3.05, 3.63) is 29.8 Å². The minimum Gasteiger partial charge on any atom is -0.373 e. The van der Waals surface area contributed by atoms with Crippen LogP contribution >= 0.6 is 0 Å². The fourth-order valence-corrected chi connectivity index (χ4v) is 5.90. The number of sulfonamides is 1. The van der Waals surface area contributed by atoms with Crippen LogP contribution in [0.3, 0.4) is 0 Å². The van der Waals surface area contributed by atoms with Gasteiger partial charge in [0.2, 0.25) is 10.0 Å². The highest BCUT2D eigenvalue weighted by Gasteiger charge is 2.41. The summed E-state index contributed by atoms with van der Waals surface area (Å²) in [5.74, 6) is 0.756. The normalized spacial score (nSPS) is 28.5. The molecule has 3 heterocycles. The van der Waals surface area contributed by atoms with Crippen molar-refractivity contribution in [1.29, 1.82) is 0 Å². The molecule has 3 unspecified atom stereocenters. The van der Waals surface area contributed by atoms with Gasteiger partial charge in [-0.1, -0.05) is 18.6 Å². The second-order valence-corrected chi connectivity index (χ2v) is 9.83. The molecule has 3 saturated heterocycles. The lowest BCUT2D eigenvalue weighted by molar-refractivity contribution is 0.0992. The van der Waals surface area contributed by atoms with Crippen LogP contribution in [0.15, 0.2) is 34.2 Å². The molecule has 3 fully saturated rings. The maximum atomic E-state index is 12.7. The predicted molar refractivity (Wildman–Crippen MR) is 109 cm³/mol. The average molecular weight is 407 g/mol. The Balaban J connectivity index is 1.32. The van der Waals surface area contributed by atoms with E-state index in [0.717, 1.165) is 43.6 Å². The van der Waals surface area contributed by atoms with Crippen molar-refractivity contribution < 1.29 is 13.2 Å². The summed E-state index contributed by atoms with van der Waals surface area (Å²) < 4.78 is 33.0. The number of benzene rings is 1. The van der Waals surface area contributed by atoms with Crippen LogP contribution in [-0.2, 0) is 21.3 Å². The van der Waals surface area contributed by atoms with Gasteiger partial charge in [0, 0.05) is 26.7 Å². The van der Waals surface area contributed by atoms with Crippen molar-refractivity contribution >= 4 is 16.0 Å². The molecule has 0 aromatic heterocycles. The van der Waals surface area contributed by atoms with Crippen molar-refractivity contribution in [3.8, 4) is 0 Å². The minimum absolute atomic E-state index is 0.294. The number of rotatable bonds is 5. The van der Waals surface area contributed by atoms with Crippen LogP contribution in [-0.4, -0.2) is 57.1 Å². The molecular weight excluding hydrogens is 376 g/mol. The molecule has 4 rings (SSSR count). The van der Waals surface area contributed by atoms with E-state index in [-0.39, 0.29) is 0 Å². The number of nitrogens with zero attached hydrogens (tertiary/aromatic N) is 2. The van der Waals surface area contributed by atoms with Crippen LogP contribution in [0.2, 0.25) is 0 Å². The maximum absolute atomic E-state index is 12.7. The Morgan fingerprint density at radius 1 is 1.18 bits per heavy atom. The number of piperidine rings is 1. The van der Waals surface area contributed by atoms with Gasteiger partial charge in [0.25, 0.3) is 0 Å². The zero-order valence-corrected chi connectivity index (χ0v) is 17.2. The molecule has 2 N–H and O–H groups in total. The van der Waals surface area contributed by atoms with Gasteiger partial charge in [0.05, 0.1) is 23.1 Å². The van der Waals surface area contributed by atoms with Gasteiger partial charge in [0.1, 0.15) is 0 Å². The molecule has 1 aromatic carbocycles. The van der Waals surface area contributed by atoms with Crippen LogP contribution in [0.25, 0.3) is 0 Å². The van der Waals surface area contributed by atoms with Crippen molar-refractivity contribution in [1.82, 2.24) is 14.9 Å². The standard InChI is InChI=1S/C20H30N4O3S/c1-21-20(23-18-13-16-7-10-19(18)27-16)22-14-15-5-8-17(9-6-15)28(25,26)24-11-3-2-4-12-24/h5-6,8-9,16,18-19H,2-4,7,10-14H2,1H3,(H2,21,22,23). The largest absolute Gasteiger partial charge is 0.373 e. The zero-order chi connectivity index (χ0) is 19.6. The Bertz CT molecular complexity index is 803. The first kappa shape index (κ1) is 19.7. The molecule has 0 spiro atoms. The molecule has 3 aliphatic heterocycles. The lowest BCUT2D eigenvalue weighted by Crippen LogP contribution is -2.47. The van der Waals surface area contributed by atoms with Crippen molar-refractivity contribution in [2.45, 2.75) is 68.2 Å². The fourth-order valence-electron chi connectivity index (χ4n) is 4.38. The van der Waals surface area contributed by atoms with E-state index in [9.17, 15) is 8.42 Å². The Morgan fingerprint density at radius 2 is 1.93 bits per heavy atom. The SMILES string of the molecule is CN=C(NCc1ccc(S(=O)(=O)N2CCCCC2)cc1)NC1CC2CCC1O2. The first-order chi connectivity index (χ1) is 13.6. The molecule has 0 amide bonds. The van der Waals surface area contributed by atoms with E-state index in [0.29, 0.717) is 42.8 Å². The third-order valence-corrected chi connectivity index (χ3v) is 7.90. The Morgan fingerprint density at radius 3 is 2.54 bits per heavy atom. The molecule has 154 valence electrons. The first-order valence-corrected chi connectivity index (χ1v) is 11.7. The van der Waals surface area contributed by atoms with Crippen molar-refractivity contribution in [2.24, 2.45) is 4.99 Å². The number of nitrogens with one attached hydrogen (secondary N) is 2. The number of fused-ring (bicyclic) bond motifs is 2. The summed E-state index contributed by atoms with van der Waals surface area (Å²) in [5, 5.41) is 6.77. The maximum Gasteiger partial charge on any atom is 0.243 e. The van der Waals surface area contributed by atoms with Gasteiger partial charge in [-0.15, -0.1) is 0 Å². The van der Waals surface area contributed by atoms with Gasteiger partial charge in [-0.3, -0.25) is 4.99 Å². The molecule has 0 radical (unpaired) electrons. The Labute approximate surface area is 167 Å². The van der Waals surface area contributed by atoms with Crippen LogP contribution in [0.5, 0.6) is 0 Å². The van der Waals surface area contributed by atoms with E-state index in [1.165, 1.54) is 6.42 Å². The fraction of sp³-hybridized carbons (Fsp3) is 0.650. The highest BCUT2D eigenvalue weighted by Crippen LogP contribution is 2.34. The van der Waals surface area contributed by atoms with Gasteiger partial charge in [-0.05, 0) is 49.8 Å². The van der Waals surface area contributed by atoms with Gasteiger partial charge >= 0.3 is 0 Å². The summed E-state index contributed by atoms with van der Waals surface area (Å²) >= 11 is 0. The van der Waals surface area contributed by atoms with E-state index >= 15 is 0 Å². The van der Waals surface area contributed by atoms with E-state index in [4.69, 9.17) is 4.74 Å². The third-order valence-electron chi connectivity index (χ3n) is 5.99. The number of hydrogen-bond acceptors (Lipinski definition) is 4. The minimum atomic E-state index is -3.37. The van der Waals surface area contributed by atoms with Gasteiger partial charge < -0.3 is 15.4 Å². The molecule has 3 aliphatic rings. The molecule has 8 heteroatoms. The van der Waals surface area contributed by atoms with E-state index < -0.39 is 10.0 Å². The summed E-state index contributed by atoms with van der Waals surface area (Å²) in [5.41, 5.74) is 1.02. The molecule has 7 nitrogen and oxygen atoms in total. The van der Waals surface area contributed by atoms with E-state index in [1.807, 2.05) is 12.1 Å². The second-order valence-electron chi connectivity index (χ2n) is 7.89. The topological polar surface area (TPSA) is 83.0 Å². The summed E-state index contributed by atoms with van der Waals surface area (Å²) in [4.78, 5) is 4.68. The average Bonchev–Trinajstić information content (AvgIpc) is 3.35. The van der Waals surface area contributed by atoms with Crippen LogP contribution in [0.1, 0.15) is 44.1 Å². The molecule has 1 aromatic rings. The zero-order valence-electron chi connectivity index (χ0n) is 16.4. The number of hydrogen-bond donors (Lipinski definition) is 2. The first-order valence-electron chi connectivity index (χ1n) is 10.3. The van der Waals surface area contributed by atoms with Gasteiger partial charge in [-0.25, -0.2) is 8.42 Å². The second kappa shape index (κ2) is 8.39. The molecule has 2 bridgehead atoms. The molecule has 0 saturated carbocycles. The van der Waals surface area contributed by atoms with Crippen LogP contribution in [0, 0.1) is 0 Å². The van der Waals surface area contributed by atoms with Crippen molar-refractivity contribution in [3.63, 3.8) is 0 Å². The van der Waals surface area contributed by atoms with Gasteiger partial charge in [-0.2, -0.15) is 4.31 Å². The summed E-state index contributed by atoms with van der Waals surface area (Å²) in [6, 6.07) is 7.49. The Hall–Kier alpha value is -1.64. The monoisotopic (exact) mass is 406 g/mol. The highest BCUT2D eigenvalue weighted by molar-refractivity contribution is 7.89. The number of guanidine groups is 1. The van der Waals surface area contributed by atoms with Crippen LogP contribution < -0.4 is 10.6 Å². The molecule has 28 heavy (non-hydrogen) atoms. The summed E-state index contributed by atoms with van der Waals surface area (Å²) in [6.07, 6.45) is 7.02. The smallest absolute Gasteiger partial charge is 0.243 e. The van der Waals surface area contributed by atoms with Gasteiger partial charge in [0.15, 0.2) is 5.96 Å². The third kappa shape index (κ3) is 4.18. The lowest BCUT2D eigenvalue weighted by Gasteiger charge is -2.26.